The van der Waals surface area contributed by atoms with E-state index in [-0.39, 0.29) is 10.3 Å². The first kappa shape index (κ1) is 14.2. The number of halogens is 1. The third-order valence-corrected chi connectivity index (χ3v) is 4.67. The molecule has 0 saturated carbocycles. The minimum Gasteiger partial charge on any atom is -0.199 e. The minimum atomic E-state index is -3.67. The number of hydrogen-bond acceptors (Lipinski definition) is 4. The fourth-order valence-corrected chi connectivity index (χ4v) is 2.76. The van der Waals surface area contributed by atoms with Crippen LogP contribution in [-0.2, 0) is 15.4 Å². The van der Waals surface area contributed by atoms with Gasteiger partial charge in [-0.25, -0.2) is 0 Å². The lowest BCUT2D eigenvalue weighted by Crippen LogP contribution is -2.14. The molecule has 7 heteroatoms. The fourth-order valence-electron chi connectivity index (χ4n) is 1.42. The van der Waals surface area contributed by atoms with Gasteiger partial charge in [-0.3, -0.25) is 0 Å². The van der Waals surface area contributed by atoms with E-state index in [9.17, 15) is 8.42 Å². The lowest BCUT2D eigenvalue weighted by atomic mass is 9.93. The smallest absolute Gasteiger partial charge is 0.199 e. The van der Waals surface area contributed by atoms with Crippen molar-refractivity contribution in [3.05, 3.63) is 40.6 Å². The molecule has 2 aromatic rings. The summed E-state index contributed by atoms with van der Waals surface area (Å²) >= 11 is 3.27. The Balaban J connectivity index is 2.46. The van der Waals surface area contributed by atoms with E-state index in [1.807, 2.05) is 20.8 Å². The van der Waals surface area contributed by atoms with Crippen LogP contribution in [-0.4, -0.2) is 22.8 Å². The van der Waals surface area contributed by atoms with Crippen molar-refractivity contribution in [1.82, 2.24) is 14.4 Å². The standard InChI is InChI=1S/C12H14BrN3O2S/c1-12(2,3)11-8-16(15-14-11)19(17,18)10-6-4-9(13)5-7-10/h4-8H,1-3H3. The van der Waals surface area contributed by atoms with Gasteiger partial charge in [0.2, 0.25) is 0 Å². The van der Waals surface area contributed by atoms with E-state index in [1.54, 1.807) is 12.1 Å². The highest BCUT2D eigenvalue weighted by Crippen LogP contribution is 2.21. The Bertz CT molecular complexity index is 685. The number of benzene rings is 1. The lowest BCUT2D eigenvalue weighted by molar-refractivity contribution is 0.566. The Labute approximate surface area is 120 Å². The predicted molar refractivity (Wildman–Crippen MR) is 75.4 cm³/mol. The molecule has 5 nitrogen and oxygen atoms in total. The molecule has 0 bridgehead atoms. The molecule has 0 unspecified atom stereocenters. The van der Waals surface area contributed by atoms with Gasteiger partial charge in [-0.2, -0.15) is 8.42 Å². The van der Waals surface area contributed by atoms with Crippen molar-refractivity contribution in [3.8, 4) is 0 Å². The maximum absolute atomic E-state index is 12.3. The van der Waals surface area contributed by atoms with Crippen molar-refractivity contribution in [2.24, 2.45) is 0 Å². The zero-order valence-electron chi connectivity index (χ0n) is 10.8. The highest BCUT2D eigenvalue weighted by atomic mass is 79.9. The molecule has 102 valence electrons. The zero-order valence-corrected chi connectivity index (χ0v) is 13.2. The first-order valence-electron chi connectivity index (χ1n) is 5.65. The second-order valence-corrected chi connectivity index (χ2v) is 7.90. The molecule has 0 aliphatic heterocycles. The van der Waals surface area contributed by atoms with Crippen LogP contribution in [0.1, 0.15) is 26.5 Å². The van der Waals surface area contributed by atoms with Crippen LogP contribution in [0.4, 0.5) is 0 Å². The van der Waals surface area contributed by atoms with Gasteiger partial charge in [-0.1, -0.05) is 41.9 Å². The molecule has 0 atom stereocenters. The molecule has 0 saturated heterocycles. The second kappa shape index (κ2) is 4.72. The molecule has 0 aliphatic rings. The van der Waals surface area contributed by atoms with Gasteiger partial charge in [0.1, 0.15) is 0 Å². The van der Waals surface area contributed by atoms with Crippen molar-refractivity contribution in [2.75, 3.05) is 0 Å². The van der Waals surface area contributed by atoms with E-state index >= 15 is 0 Å². The molecule has 0 radical (unpaired) electrons. The summed E-state index contributed by atoms with van der Waals surface area (Å²) in [5.74, 6) is 0. The summed E-state index contributed by atoms with van der Waals surface area (Å²) in [7, 11) is -3.67. The average Bonchev–Trinajstić information content (AvgIpc) is 2.79. The van der Waals surface area contributed by atoms with E-state index in [2.05, 4.69) is 26.2 Å². The molecule has 0 fully saturated rings. The van der Waals surface area contributed by atoms with Gasteiger partial charge < -0.3 is 0 Å². The number of rotatable bonds is 2. The molecular formula is C12H14BrN3O2S. The molecule has 1 aromatic carbocycles. The summed E-state index contributed by atoms with van der Waals surface area (Å²) in [5, 5.41) is 7.64. The Morgan fingerprint density at radius 2 is 1.74 bits per heavy atom. The van der Waals surface area contributed by atoms with E-state index in [4.69, 9.17) is 0 Å². The first-order valence-corrected chi connectivity index (χ1v) is 7.88. The van der Waals surface area contributed by atoms with Crippen molar-refractivity contribution in [2.45, 2.75) is 31.1 Å². The molecule has 0 amide bonds. The molecule has 0 N–H and O–H groups in total. The van der Waals surface area contributed by atoms with Crippen molar-refractivity contribution < 1.29 is 8.42 Å². The molecule has 1 heterocycles. The zero-order chi connectivity index (χ0) is 14.3. The van der Waals surface area contributed by atoms with Crippen LogP contribution < -0.4 is 0 Å². The van der Waals surface area contributed by atoms with Crippen molar-refractivity contribution >= 4 is 26.0 Å². The van der Waals surface area contributed by atoms with E-state index in [1.165, 1.54) is 18.3 Å². The molecular weight excluding hydrogens is 330 g/mol. The number of nitrogens with zero attached hydrogens (tertiary/aromatic N) is 3. The summed E-state index contributed by atoms with van der Waals surface area (Å²) in [6, 6.07) is 6.40. The van der Waals surface area contributed by atoms with Gasteiger partial charge in [-0.05, 0) is 24.3 Å². The molecule has 19 heavy (non-hydrogen) atoms. The predicted octanol–water partition coefficient (Wildman–Crippen LogP) is 2.58. The van der Waals surface area contributed by atoms with Crippen LogP contribution in [0.5, 0.6) is 0 Å². The quantitative estimate of drug-likeness (QED) is 0.840. The topological polar surface area (TPSA) is 64.8 Å². The normalized spacial score (nSPS) is 12.6. The first-order chi connectivity index (χ1) is 8.71. The monoisotopic (exact) mass is 343 g/mol. The Morgan fingerprint density at radius 3 is 2.21 bits per heavy atom. The third kappa shape index (κ3) is 2.87. The van der Waals surface area contributed by atoms with Gasteiger partial charge in [0, 0.05) is 9.89 Å². The highest BCUT2D eigenvalue weighted by molar-refractivity contribution is 9.10. The largest absolute Gasteiger partial charge is 0.284 e. The molecule has 0 aliphatic carbocycles. The number of hydrogen-bond donors (Lipinski definition) is 0. The van der Waals surface area contributed by atoms with Crippen LogP contribution in [0.2, 0.25) is 0 Å². The van der Waals surface area contributed by atoms with Crippen LogP contribution in [0.3, 0.4) is 0 Å². The minimum absolute atomic E-state index is 0.182. The van der Waals surface area contributed by atoms with Crippen LogP contribution >= 0.6 is 15.9 Å². The van der Waals surface area contributed by atoms with E-state index in [0.717, 1.165) is 8.56 Å². The van der Waals surface area contributed by atoms with Crippen molar-refractivity contribution in [1.29, 1.82) is 0 Å². The van der Waals surface area contributed by atoms with Gasteiger partial charge in [0.25, 0.3) is 10.0 Å². The summed E-state index contributed by atoms with van der Waals surface area (Å²) < 4.78 is 26.4. The molecule has 0 spiro atoms. The van der Waals surface area contributed by atoms with Crippen LogP contribution in [0.25, 0.3) is 0 Å². The van der Waals surface area contributed by atoms with Gasteiger partial charge in [0.15, 0.2) is 0 Å². The molecule has 1 aromatic heterocycles. The van der Waals surface area contributed by atoms with Gasteiger partial charge >= 0.3 is 0 Å². The molecule has 2 rings (SSSR count). The maximum atomic E-state index is 12.3. The average molecular weight is 344 g/mol. The number of aromatic nitrogens is 3. The fraction of sp³-hybridized carbons (Fsp3) is 0.333. The van der Waals surface area contributed by atoms with Crippen LogP contribution in [0, 0.1) is 0 Å². The van der Waals surface area contributed by atoms with Gasteiger partial charge in [0.05, 0.1) is 16.8 Å². The Hall–Kier alpha value is -1.21. The van der Waals surface area contributed by atoms with Crippen molar-refractivity contribution in [3.63, 3.8) is 0 Å². The lowest BCUT2D eigenvalue weighted by Gasteiger charge is -2.12. The Kier molecular flexibility index (Phi) is 3.53. The summed E-state index contributed by atoms with van der Waals surface area (Å²) in [4.78, 5) is 0.182. The van der Waals surface area contributed by atoms with E-state index < -0.39 is 10.0 Å². The second-order valence-electron chi connectivity index (χ2n) is 5.19. The SMILES string of the molecule is CC(C)(C)c1cn(S(=O)(=O)c2ccc(Br)cc2)nn1. The van der Waals surface area contributed by atoms with E-state index in [0.29, 0.717) is 5.69 Å². The van der Waals surface area contributed by atoms with Crippen LogP contribution in [0.15, 0.2) is 39.8 Å². The summed E-state index contributed by atoms with van der Waals surface area (Å²) in [5.41, 5.74) is 0.390. The third-order valence-electron chi connectivity index (χ3n) is 2.60. The summed E-state index contributed by atoms with van der Waals surface area (Å²) in [6.45, 7) is 5.86. The maximum Gasteiger partial charge on any atom is 0.284 e. The highest BCUT2D eigenvalue weighted by Gasteiger charge is 2.23. The van der Waals surface area contributed by atoms with Gasteiger partial charge in [-0.15, -0.1) is 9.19 Å². The summed E-state index contributed by atoms with van der Waals surface area (Å²) in [6.07, 6.45) is 1.46. The Morgan fingerprint density at radius 1 is 1.16 bits per heavy atom.